The Hall–Kier alpha value is -2.62. The summed E-state index contributed by atoms with van der Waals surface area (Å²) in [5, 5.41) is 3.06. The fourth-order valence-corrected chi connectivity index (χ4v) is 5.57. The summed E-state index contributed by atoms with van der Waals surface area (Å²) < 4.78 is 33.3. The summed E-state index contributed by atoms with van der Waals surface area (Å²) in [6.45, 7) is 7.52. The fraction of sp³-hybridized carbons (Fsp3) is 0.565. The molecule has 2 aromatic rings. The van der Waals surface area contributed by atoms with Gasteiger partial charge in [-0.05, 0) is 59.4 Å². The third kappa shape index (κ3) is 4.71. The quantitative estimate of drug-likeness (QED) is 0.568. The normalized spacial score (nSPS) is 19.9. The van der Waals surface area contributed by atoms with Crippen LogP contribution in [-0.4, -0.2) is 51.0 Å². The summed E-state index contributed by atoms with van der Waals surface area (Å²) in [4.78, 5) is 36.6. The van der Waals surface area contributed by atoms with Crippen LogP contribution in [0.2, 0.25) is 0 Å². The van der Waals surface area contributed by atoms with Crippen LogP contribution in [-0.2, 0) is 4.74 Å². The number of pyridine rings is 1. The van der Waals surface area contributed by atoms with E-state index in [1.807, 2.05) is 25.7 Å². The van der Waals surface area contributed by atoms with E-state index >= 15 is 0 Å². The molecule has 0 unspecified atom stereocenters. The van der Waals surface area contributed by atoms with Crippen molar-refractivity contribution in [2.75, 3.05) is 11.9 Å². The highest BCUT2D eigenvalue weighted by Gasteiger charge is 2.44. The molecule has 33 heavy (non-hydrogen) atoms. The standard InChI is InChI=1S/C23H28F2N4O3S/c1-5-32-22(31)20-27-17(21(30)29-12-6-7-13(29)9-8-12)18(33-20)15-11-26-16(28-23(2,3)4)10-14(15)19(24)25/h10-13,19H,5-9H2,1-4H3,(H,26,28)/t12-,13-. The first-order valence-electron chi connectivity index (χ1n) is 11.2. The van der Waals surface area contributed by atoms with Gasteiger partial charge >= 0.3 is 5.97 Å². The van der Waals surface area contributed by atoms with Crippen LogP contribution in [0.1, 0.15) is 85.7 Å². The summed E-state index contributed by atoms with van der Waals surface area (Å²) >= 11 is 0.894. The van der Waals surface area contributed by atoms with Crippen molar-refractivity contribution in [3.05, 3.63) is 28.5 Å². The number of carbonyl (C=O) groups excluding carboxylic acids is 2. The monoisotopic (exact) mass is 478 g/mol. The Bertz CT molecular complexity index is 1050. The summed E-state index contributed by atoms with van der Waals surface area (Å²) in [5.41, 5.74) is -0.519. The molecule has 2 aliphatic heterocycles. The third-order valence-electron chi connectivity index (χ3n) is 5.89. The van der Waals surface area contributed by atoms with E-state index in [1.54, 1.807) is 6.92 Å². The number of hydrogen-bond acceptors (Lipinski definition) is 7. The van der Waals surface area contributed by atoms with Crippen LogP contribution >= 0.6 is 11.3 Å². The lowest BCUT2D eigenvalue weighted by Gasteiger charge is -2.23. The second kappa shape index (κ2) is 8.96. The number of alkyl halides is 2. The van der Waals surface area contributed by atoms with Gasteiger partial charge in [0.1, 0.15) is 11.5 Å². The zero-order valence-electron chi connectivity index (χ0n) is 19.2. The maximum atomic E-state index is 14.1. The first-order chi connectivity index (χ1) is 15.6. The van der Waals surface area contributed by atoms with Crippen LogP contribution in [0.25, 0.3) is 10.4 Å². The molecule has 0 atom stereocenters. The van der Waals surface area contributed by atoms with Crippen molar-refractivity contribution in [2.24, 2.45) is 0 Å². The van der Waals surface area contributed by atoms with Gasteiger partial charge in [0.2, 0.25) is 5.01 Å². The highest BCUT2D eigenvalue weighted by Crippen LogP contribution is 2.42. The molecular formula is C23H28F2N4O3S. The number of nitrogens with zero attached hydrogens (tertiary/aromatic N) is 3. The molecule has 178 valence electrons. The second-order valence-electron chi connectivity index (χ2n) is 9.42. The van der Waals surface area contributed by atoms with Gasteiger partial charge in [0, 0.05) is 34.9 Å². The van der Waals surface area contributed by atoms with Crippen LogP contribution in [0.3, 0.4) is 0 Å². The molecule has 7 nitrogen and oxygen atoms in total. The molecule has 4 heterocycles. The van der Waals surface area contributed by atoms with E-state index in [4.69, 9.17) is 4.74 Å². The Labute approximate surface area is 195 Å². The second-order valence-corrected chi connectivity index (χ2v) is 10.4. The number of hydrogen-bond donors (Lipinski definition) is 1. The SMILES string of the molecule is CCOC(=O)c1nc(C(=O)N2[C@H]3CC[C@H]2CC3)c(-c2cnc(NC(C)(C)C)cc2C(F)F)s1. The maximum absolute atomic E-state index is 14.1. The van der Waals surface area contributed by atoms with Gasteiger partial charge in [-0.1, -0.05) is 0 Å². The van der Waals surface area contributed by atoms with E-state index in [2.05, 4.69) is 15.3 Å². The van der Waals surface area contributed by atoms with Gasteiger partial charge in [0.25, 0.3) is 12.3 Å². The molecule has 2 aliphatic rings. The van der Waals surface area contributed by atoms with Crippen LogP contribution < -0.4 is 5.32 Å². The van der Waals surface area contributed by atoms with Crippen LogP contribution in [0.4, 0.5) is 14.6 Å². The summed E-state index contributed by atoms with van der Waals surface area (Å²) in [5.74, 6) is -0.689. The molecule has 0 radical (unpaired) electrons. The highest BCUT2D eigenvalue weighted by atomic mass is 32.1. The fourth-order valence-electron chi connectivity index (χ4n) is 4.59. The molecule has 0 aliphatic carbocycles. The number of anilines is 1. The molecule has 0 saturated carbocycles. The first kappa shape index (κ1) is 23.5. The number of aromatic nitrogens is 2. The van der Waals surface area contributed by atoms with E-state index < -0.39 is 12.4 Å². The minimum absolute atomic E-state index is 0.0158. The molecular weight excluding hydrogens is 450 g/mol. The zero-order chi connectivity index (χ0) is 23.9. The van der Waals surface area contributed by atoms with Gasteiger partial charge in [-0.15, -0.1) is 11.3 Å². The average Bonchev–Trinajstić information content (AvgIpc) is 3.46. The Balaban J connectivity index is 1.80. The molecule has 1 amide bonds. The average molecular weight is 479 g/mol. The topological polar surface area (TPSA) is 84.4 Å². The van der Waals surface area contributed by atoms with Gasteiger partial charge in [0.05, 0.1) is 11.5 Å². The Morgan fingerprint density at radius 2 is 1.88 bits per heavy atom. The van der Waals surface area contributed by atoms with Gasteiger partial charge in [-0.2, -0.15) is 0 Å². The lowest BCUT2D eigenvalue weighted by atomic mass is 10.0. The van der Waals surface area contributed by atoms with Crippen molar-refractivity contribution in [3.8, 4) is 10.4 Å². The van der Waals surface area contributed by atoms with Gasteiger partial charge < -0.3 is 15.0 Å². The molecule has 0 spiro atoms. The van der Waals surface area contributed by atoms with E-state index in [-0.39, 0.29) is 56.8 Å². The number of fused-ring (bicyclic) bond motifs is 2. The largest absolute Gasteiger partial charge is 0.461 e. The number of rotatable bonds is 6. The summed E-state index contributed by atoms with van der Waals surface area (Å²) in [7, 11) is 0. The molecule has 2 bridgehead atoms. The maximum Gasteiger partial charge on any atom is 0.367 e. The molecule has 10 heteroatoms. The minimum atomic E-state index is -2.80. The highest BCUT2D eigenvalue weighted by molar-refractivity contribution is 7.17. The molecule has 1 N–H and O–H groups in total. The number of halogens is 2. The third-order valence-corrected chi connectivity index (χ3v) is 6.95. The zero-order valence-corrected chi connectivity index (χ0v) is 20.0. The number of amides is 1. The Kier molecular flexibility index (Phi) is 6.39. The van der Waals surface area contributed by atoms with Crippen molar-refractivity contribution in [3.63, 3.8) is 0 Å². The number of nitrogens with one attached hydrogen (secondary N) is 1. The number of ether oxygens (including phenoxy) is 1. The van der Waals surface area contributed by atoms with E-state index in [0.717, 1.165) is 37.0 Å². The van der Waals surface area contributed by atoms with Crippen molar-refractivity contribution in [1.29, 1.82) is 0 Å². The van der Waals surface area contributed by atoms with Crippen molar-refractivity contribution in [2.45, 2.75) is 77.4 Å². The molecule has 2 aromatic heterocycles. The van der Waals surface area contributed by atoms with Gasteiger partial charge in [-0.3, -0.25) is 4.79 Å². The Morgan fingerprint density at radius 3 is 2.42 bits per heavy atom. The van der Waals surface area contributed by atoms with E-state index in [9.17, 15) is 18.4 Å². The predicted octanol–water partition coefficient (Wildman–Crippen LogP) is 5.30. The van der Waals surface area contributed by atoms with Crippen molar-refractivity contribution in [1.82, 2.24) is 14.9 Å². The Morgan fingerprint density at radius 1 is 1.24 bits per heavy atom. The summed E-state index contributed by atoms with van der Waals surface area (Å²) in [6.07, 6.45) is 2.24. The van der Waals surface area contributed by atoms with Gasteiger partial charge in [0.15, 0.2) is 0 Å². The number of esters is 1. The van der Waals surface area contributed by atoms with Crippen LogP contribution in [0, 0.1) is 0 Å². The van der Waals surface area contributed by atoms with Crippen molar-refractivity contribution < 1.29 is 23.1 Å². The lowest BCUT2D eigenvalue weighted by Crippen LogP contribution is -2.35. The molecule has 2 saturated heterocycles. The van der Waals surface area contributed by atoms with E-state index in [0.29, 0.717) is 5.82 Å². The number of carbonyl (C=O) groups is 2. The lowest BCUT2D eigenvalue weighted by molar-refractivity contribution is 0.0525. The summed E-state index contributed by atoms with van der Waals surface area (Å²) in [6, 6.07) is 1.56. The molecule has 0 aromatic carbocycles. The van der Waals surface area contributed by atoms with Gasteiger partial charge in [-0.25, -0.2) is 23.5 Å². The molecule has 4 rings (SSSR count). The molecule has 2 fully saturated rings. The first-order valence-corrected chi connectivity index (χ1v) is 12.0. The minimum Gasteiger partial charge on any atom is -0.461 e. The number of thiazole rings is 1. The van der Waals surface area contributed by atoms with Crippen LogP contribution in [0.5, 0.6) is 0 Å². The smallest absolute Gasteiger partial charge is 0.367 e. The van der Waals surface area contributed by atoms with E-state index in [1.165, 1.54) is 12.3 Å². The predicted molar refractivity (Wildman–Crippen MR) is 122 cm³/mol. The van der Waals surface area contributed by atoms with Crippen molar-refractivity contribution >= 4 is 29.0 Å². The van der Waals surface area contributed by atoms with Crippen LogP contribution in [0.15, 0.2) is 12.3 Å².